The maximum Gasteiger partial charge on any atom is 0.273 e. The van der Waals surface area contributed by atoms with Gasteiger partial charge in [-0.05, 0) is 73.4 Å². The molecule has 30 heavy (non-hydrogen) atoms. The topological polar surface area (TPSA) is 50.2 Å². The fraction of sp³-hybridized carbons (Fsp3) is 0.417. The van der Waals surface area contributed by atoms with Gasteiger partial charge in [0, 0.05) is 31.4 Å². The number of aromatic nitrogens is 2. The number of aryl methyl sites for hydroxylation is 1. The number of hydrogen-bond donors (Lipinski definition) is 1. The van der Waals surface area contributed by atoms with Crippen molar-refractivity contribution in [3.8, 4) is 10.6 Å². The Morgan fingerprint density at radius 2 is 2.00 bits per heavy atom. The van der Waals surface area contributed by atoms with Gasteiger partial charge in [-0.15, -0.1) is 11.3 Å². The highest BCUT2D eigenvalue weighted by molar-refractivity contribution is 7.13. The normalized spacial score (nSPS) is 17.2. The lowest BCUT2D eigenvalue weighted by Crippen LogP contribution is -2.41. The molecule has 0 saturated heterocycles. The molecule has 1 fully saturated rings. The van der Waals surface area contributed by atoms with E-state index in [0.717, 1.165) is 48.2 Å². The third-order valence-corrected chi connectivity index (χ3v) is 7.37. The van der Waals surface area contributed by atoms with Gasteiger partial charge in [0.15, 0.2) is 0 Å². The van der Waals surface area contributed by atoms with Crippen molar-refractivity contribution in [1.82, 2.24) is 14.7 Å². The van der Waals surface area contributed by atoms with Crippen molar-refractivity contribution in [1.29, 1.82) is 0 Å². The average Bonchev–Trinajstić information content (AvgIpc) is 3.34. The monoisotopic (exact) mass is 420 g/mol. The third kappa shape index (κ3) is 3.82. The second kappa shape index (κ2) is 8.36. The predicted molar refractivity (Wildman–Crippen MR) is 122 cm³/mol. The zero-order valence-corrected chi connectivity index (χ0v) is 18.3. The summed E-state index contributed by atoms with van der Waals surface area (Å²) in [5, 5.41) is 9.75. The maximum absolute atomic E-state index is 13.0. The van der Waals surface area contributed by atoms with Crippen molar-refractivity contribution in [2.24, 2.45) is 0 Å². The summed E-state index contributed by atoms with van der Waals surface area (Å²) in [6.07, 6.45) is 6.26. The molecule has 1 aliphatic carbocycles. The SMILES string of the molecule is CCn1nc(-c2cccs2)cc1C(=O)Nc1ccc2c(c1)CCN(C1CCC1)CC2. The number of amides is 1. The van der Waals surface area contributed by atoms with Crippen molar-refractivity contribution in [3.05, 3.63) is 58.6 Å². The van der Waals surface area contributed by atoms with Crippen molar-refractivity contribution >= 4 is 22.9 Å². The van der Waals surface area contributed by atoms with E-state index in [2.05, 4.69) is 27.4 Å². The molecule has 0 atom stereocenters. The lowest BCUT2D eigenvalue weighted by atomic mass is 9.91. The van der Waals surface area contributed by atoms with E-state index >= 15 is 0 Å². The van der Waals surface area contributed by atoms with E-state index in [-0.39, 0.29) is 5.91 Å². The third-order valence-electron chi connectivity index (χ3n) is 6.48. The van der Waals surface area contributed by atoms with Crippen LogP contribution in [0.25, 0.3) is 10.6 Å². The number of carbonyl (C=O) groups is 1. The van der Waals surface area contributed by atoms with E-state index < -0.39 is 0 Å². The van der Waals surface area contributed by atoms with Gasteiger partial charge in [0.1, 0.15) is 11.4 Å². The lowest BCUT2D eigenvalue weighted by Gasteiger charge is -2.36. The van der Waals surface area contributed by atoms with Crippen LogP contribution in [-0.4, -0.2) is 39.7 Å². The van der Waals surface area contributed by atoms with Gasteiger partial charge in [-0.25, -0.2) is 0 Å². The number of nitrogens with zero attached hydrogens (tertiary/aromatic N) is 3. The van der Waals surface area contributed by atoms with Gasteiger partial charge in [0.25, 0.3) is 5.91 Å². The molecule has 156 valence electrons. The Kier molecular flexibility index (Phi) is 5.44. The number of fused-ring (bicyclic) bond motifs is 1. The van der Waals surface area contributed by atoms with Gasteiger partial charge in [-0.1, -0.05) is 18.6 Å². The Labute approximate surface area is 181 Å². The van der Waals surface area contributed by atoms with Crippen LogP contribution in [0.3, 0.4) is 0 Å². The number of benzene rings is 1. The Morgan fingerprint density at radius 1 is 1.17 bits per heavy atom. The van der Waals surface area contributed by atoms with Gasteiger partial charge in [0.05, 0.1) is 4.88 Å². The van der Waals surface area contributed by atoms with Crippen LogP contribution in [0.1, 0.15) is 47.8 Å². The van der Waals surface area contributed by atoms with Crippen molar-refractivity contribution in [2.45, 2.75) is 51.6 Å². The molecule has 5 rings (SSSR count). The van der Waals surface area contributed by atoms with Crippen molar-refractivity contribution < 1.29 is 4.79 Å². The van der Waals surface area contributed by atoms with E-state index in [0.29, 0.717) is 12.2 Å². The van der Waals surface area contributed by atoms with Crippen LogP contribution in [0.2, 0.25) is 0 Å². The Hall–Kier alpha value is -2.44. The molecule has 6 heteroatoms. The van der Waals surface area contributed by atoms with Gasteiger partial charge >= 0.3 is 0 Å². The molecule has 0 radical (unpaired) electrons. The zero-order valence-electron chi connectivity index (χ0n) is 17.4. The average molecular weight is 421 g/mol. The molecule has 2 aliphatic rings. The largest absolute Gasteiger partial charge is 0.321 e. The van der Waals surface area contributed by atoms with Gasteiger partial charge in [-0.2, -0.15) is 5.10 Å². The Balaban J connectivity index is 1.32. The zero-order chi connectivity index (χ0) is 20.5. The number of thiophene rings is 1. The van der Waals surface area contributed by atoms with E-state index in [1.54, 1.807) is 16.0 Å². The lowest BCUT2D eigenvalue weighted by molar-refractivity contribution is 0.101. The highest BCUT2D eigenvalue weighted by atomic mass is 32.1. The second-order valence-electron chi connectivity index (χ2n) is 8.27. The van der Waals surface area contributed by atoms with E-state index in [9.17, 15) is 4.79 Å². The van der Waals surface area contributed by atoms with E-state index in [1.165, 1.54) is 30.4 Å². The molecule has 1 saturated carbocycles. The molecule has 1 amide bonds. The molecule has 0 unspecified atom stereocenters. The summed E-state index contributed by atoms with van der Waals surface area (Å²) in [5.74, 6) is -0.100. The highest BCUT2D eigenvalue weighted by Crippen LogP contribution is 2.29. The minimum absolute atomic E-state index is 0.100. The quantitative estimate of drug-likeness (QED) is 0.643. The minimum Gasteiger partial charge on any atom is -0.321 e. The molecule has 1 N–H and O–H groups in total. The molecular formula is C24H28N4OS. The Bertz CT molecular complexity index is 1040. The molecule has 0 spiro atoms. The number of hydrogen-bond acceptors (Lipinski definition) is 4. The minimum atomic E-state index is -0.100. The van der Waals surface area contributed by atoms with Gasteiger partial charge < -0.3 is 5.32 Å². The molecule has 3 aromatic rings. The number of rotatable bonds is 5. The van der Waals surface area contributed by atoms with Crippen molar-refractivity contribution in [2.75, 3.05) is 18.4 Å². The first-order valence-corrected chi connectivity index (χ1v) is 11.9. The molecule has 0 bridgehead atoms. The van der Waals surface area contributed by atoms with Gasteiger partial charge in [0.2, 0.25) is 0 Å². The molecule has 2 aromatic heterocycles. The molecule has 3 heterocycles. The summed E-state index contributed by atoms with van der Waals surface area (Å²) in [6.45, 7) is 4.96. The maximum atomic E-state index is 13.0. The molecular weight excluding hydrogens is 392 g/mol. The van der Waals surface area contributed by atoms with Crippen LogP contribution in [-0.2, 0) is 19.4 Å². The molecule has 1 aliphatic heterocycles. The van der Waals surface area contributed by atoms with E-state index in [4.69, 9.17) is 0 Å². The van der Waals surface area contributed by atoms with Crippen LogP contribution < -0.4 is 5.32 Å². The fourth-order valence-electron chi connectivity index (χ4n) is 4.52. The summed E-state index contributed by atoms with van der Waals surface area (Å²) in [4.78, 5) is 16.8. The first-order chi connectivity index (χ1) is 14.7. The molecule has 1 aromatic carbocycles. The first-order valence-electron chi connectivity index (χ1n) is 11.0. The summed E-state index contributed by atoms with van der Waals surface area (Å²) in [6, 6.07) is 13.1. The molecule has 5 nitrogen and oxygen atoms in total. The summed E-state index contributed by atoms with van der Waals surface area (Å²) >= 11 is 1.64. The van der Waals surface area contributed by atoms with E-state index in [1.807, 2.05) is 36.6 Å². The van der Waals surface area contributed by atoms with Crippen LogP contribution in [0.4, 0.5) is 5.69 Å². The first kappa shape index (κ1) is 19.5. The van der Waals surface area contributed by atoms with Crippen molar-refractivity contribution in [3.63, 3.8) is 0 Å². The Morgan fingerprint density at radius 3 is 2.70 bits per heavy atom. The number of nitrogens with one attached hydrogen (secondary N) is 1. The second-order valence-corrected chi connectivity index (χ2v) is 9.21. The fourth-order valence-corrected chi connectivity index (χ4v) is 5.20. The standard InChI is InChI=1S/C24H28N4OS/c1-2-28-22(16-21(26-28)23-7-4-14-30-23)24(29)25-19-9-8-17-10-12-27(20-5-3-6-20)13-11-18(17)15-19/h4,7-9,14-16,20H,2-3,5-6,10-13H2,1H3,(H,25,29). The highest BCUT2D eigenvalue weighted by Gasteiger charge is 2.26. The van der Waals surface area contributed by atoms with Crippen LogP contribution >= 0.6 is 11.3 Å². The smallest absolute Gasteiger partial charge is 0.273 e. The number of carbonyl (C=O) groups excluding carboxylic acids is 1. The summed E-state index contributed by atoms with van der Waals surface area (Å²) < 4.78 is 1.78. The van der Waals surface area contributed by atoms with Crippen LogP contribution in [0, 0.1) is 0 Å². The van der Waals surface area contributed by atoms with Crippen LogP contribution in [0.5, 0.6) is 0 Å². The summed E-state index contributed by atoms with van der Waals surface area (Å²) in [7, 11) is 0. The predicted octanol–water partition coefficient (Wildman–Crippen LogP) is 4.84. The van der Waals surface area contributed by atoms with Crippen LogP contribution in [0.15, 0.2) is 41.8 Å². The number of anilines is 1. The summed E-state index contributed by atoms with van der Waals surface area (Å²) in [5.41, 5.74) is 5.13. The van der Waals surface area contributed by atoms with Gasteiger partial charge in [-0.3, -0.25) is 14.4 Å².